The molecule has 31 heavy (non-hydrogen) atoms. The molecule has 1 N–H and O–H groups in total. The fourth-order valence-electron chi connectivity index (χ4n) is 4.00. The van der Waals surface area contributed by atoms with Crippen LogP contribution in [0, 0.1) is 0 Å². The minimum atomic E-state index is -0.442. The van der Waals surface area contributed by atoms with Gasteiger partial charge < -0.3 is 14.8 Å². The number of nitrogens with one attached hydrogen (secondary N) is 1. The molecule has 5 rings (SSSR count). The zero-order valence-corrected chi connectivity index (χ0v) is 17.2. The number of aromatic nitrogens is 3. The number of pyridine rings is 1. The largest absolute Gasteiger partial charge is 0.481 e. The monoisotopic (exact) mass is 416 g/mol. The maximum Gasteiger partial charge on any atom is 0.261 e. The lowest BCUT2D eigenvalue weighted by molar-refractivity contribution is -0.127. The molecule has 0 spiro atoms. The molecule has 1 aliphatic carbocycles. The maximum atomic E-state index is 12.1. The van der Waals surface area contributed by atoms with Crippen LogP contribution in [0.25, 0.3) is 11.4 Å². The molecule has 1 unspecified atom stereocenters. The van der Waals surface area contributed by atoms with Crippen LogP contribution in [-0.2, 0) is 17.6 Å². The van der Waals surface area contributed by atoms with Crippen molar-refractivity contribution in [3.8, 4) is 28.8 Å². The zero-order chi connectivity index (χ0) is 21.0. The molecule has 2 aromatic heterocycles. The van der Waals surface area contributed by atoms with Crippen molar-refractivity contribution in [3.05, 3.63) is 60.0 Å². The second-order valence-corrected chi connectivity index (χ2v) is 7.83. The molecule has 0 radical (unpaired) electrons. The third kappa shape index (κ3) is 4.35. The van der Waals surface area contributed by atoms with Crippen LogP contribution in [0.5, 0.6) is 17.4 Å². The minimum Gasteiger partial charge on any atom is -0.481 e. The molecule has 158 valence electrons. The third-order valence-corrected chi connectivity index (χ3v) is 5.64. The predicted octanol–water partition coefficient (Wildman–Crippen LogP) is 3.87. The number of nitrogens with zero attached hydrogens (tertiary/aromatic N) is 3. The van der Waals surface area contributed by atoms with Crippen molar-refractivity contribution in [1.82, 2.24) is 20.3 Å². The van der Waals surface area contributed by atoms with Crippen molar-refractivity contribution in [2.45, 2.75) is 44.6 Å². The Hall–Kier alpha value is -3.48. The molecule has 2 aliphatic rings. The molecule has 1 aromatic carbocycles. The first-order chi connectivity index (χ1) is 15.3. The SMILES string of the molecule is O=C1NCCCCC1Oc1ccc(Oc2nc(-c3ccncc3)nc3c2CCC3)cc1. The fourth-order valence-corrected chi connectivity index (χ4v) is 4.00. The van der Waals surface area contributed by atoms with Crippen LogP contribution >= 0.6 is 0 Å². The minimum absolute atomic E-state index is 0.0435. The van der Waals surface area contributed by atoms with Gasteiger partial charge in [0, 0.05) is 30.1 Å². The van der Waals surface area contributed by atoms with Crippen molar-refractivity contribution in [3.63, 3.8) is 0 Å². The van der Waals surface area contributed by atoms with E-state index in [1.165, 1.54) is 0 Å². The van der Waals surface area contributed by atoms with E-state index in [-0.39, 0.29) is 5.91 Å². The molecule has 3 heterocycles. The highest BCUT2D eigenvalue weighted by Gasteiger charge is 2.23. The van der Waals surface area contributed by atoms with Gasteiger partial charge in [-0.2, -0.15) is 4.98 Å². The van der Waals surface area contributed by atoms with Gasteiger partial charge >= 0.3 is 0 Å². The van der Waals surface area contributed by atoms with Crippen molar-refractivity contribution in [1.29, 1.82) is 0 Å². The predicted molar refractivity (Wildman–Crippen MR) is 115 cm³/mol. The van der Waals surface area contributed by atoms with E-state index in [0.717, 1.165) is 61.9 Å². The zero-order valence-electron chi connectivity index (χ0n) is 17.2. The summed E-state index contributed by atoms with van der Waals surface area (Å²) in [6.45, 7) is 0.718. The van der Waals surface area contributed by atoms with Gasteiger partial charge in [0.25, 0.3) is 5.91 Å². The molecule has 7 heteroatoms. The molecular formula is C24H24N4O3. The average molecular weight is 416 g/mol. The number of aryl methyl sites for hydroxylation is 1. The van der Waals surface area contributed by atoms with E-state index in [1.807, 2.05) is 36.4 Å². The van der Waals surface area contributed by atoms with E-state index in [0.29, 0.717) is 23.2 Å². The van der Waals surface area contributed by atoms with Crippen LogP contribution in [0.3, 0.4) is 0 Å². The van der Waals surface area contributed by atoms with Gasteiger partial charge in [-0.3, -0.25) is 9.78 Å². The van der Waals surface area contributed by atoms with Gasteiger partial charge in [0.15, 0.2) is 11.9 Å². The number of hydrogen-bond acceptors (Lipinski definition) is 6. The summed E-state index contributed by atoms with van der Waals surface area (Å²) in [5, 5.41) is 2.89. The highest BCUT2D eigenvalue weighted by atomic mass is 16.5. The Balaban J connectivity index is 1.35. The van der Waals surface area contributed by atoms with E-state index in [4.69, 9.17) is 19.4 Å². The molecular weight excluding hydrogens is 392 g/mol. The molecule has 1 fully saturated rings. The quantitative estimate of drug-likeness (QED) is 0.680. The topological polar surface area (TPSA) is 86.2 Å². The number of amides is 1. The van der Waals surface area contributed by atoms with Gasteiger partial charge in [-0.25, -0.2) is 4.98 Å². The second-order valence-electron chi connectivity index (χ2n) is 7.83. The lowest BCUT2D eigenvalue weighted by Crippen LogP contribution is -2.36. The van der Waals surface area contributed by atoms with Crippen LogP contribution in [-0.4, -0.2) is 33.5 Å². The fraction of sp³-hybridized carbons (Fsp3) is 0.333. The Kier molecular flexibility index (Phi) is 5.48. The van der Waals surface area contributed by atoms with E-state index in [9.17, 15) is 4.79 Å². The summed E-state index contributed by atoms with van der Waals surface area (Å²) in [6.07, 6.45) is 8.63. The third-order valence-electron chi connectivity index (χ3n) is 5.64. The molecule has 1 aliphatic heterocycles. The Morgan fingerprint density at radius 3 is 2.55 bits per heavy atom. The summed E-state index contributed by atoms with van der Waals surface area (Å²) in [4.78, 5) is 25.6. The van der Waals surface area contributed by atoms with E-state index >= 15 is 0 Å². The van der Waals surface area contributed by atoms with Crippen LogP contribution in [0.4, 0.5) is 0 Å². The second kappa shape index (κ2) is 8.71. The summed E-state index contributed by atoms with van der Waals surface area (Å²) in [6, 6.07) is 11.2. The molecule has 0 saturated carbocycles. The summed E-state index contributed by atoms with van der Waals surface area (Å²) >= 11 is 0. The standard InChI is InChI=1S/C24H24N4O3/c29-23-21(6-1-2-13-26-23)30-17-7-9-18(10-8-17)31-24-19-4-3-5-20(19)27-22(28-24)16-11-14-25-15-12-16/h7-12,14-15,21H,1-6,13H2,(H,26,29). The number of fused-ring (bicyclic) bond motifs is 1. The average Bonchev–Trinajstić information content (AvgIpc) is 3.20. The highest BCUT2D eigenvalue weighted by Crippen LogP contribution is 2.33. The van der Waals surface area contributed by atoms with Crippen molar-refractivity contribution < 1.29 is 14.3 Å². The number of hydrogen-bond donors (Lipinski definition) is 1. The first-order valence-corrected chi connectivity index (χ1v) is 10.8. The Bertz CT molecular complexity index is 1070. The van der Waals surface area contributed by atoms with Gasteiger partial charge in [0.2, 0.25) is 5.88 Å². The van der Waals surface area contributed by atoms with Gasteiger partial charge in [0.1, 0.15) is 11.5 Å². The summed E-state index contributed by atoms with van der Waals surface area (Å²) < 4.78 is 12.1. The van der Waals surface area contributed by atoms with Gasteiger partial charge in [-0.1, -0.05) is 0 Å². The number of carbonyl (C=O) groups is 1. The van der Waals surface area contributed by atoms with Crippen LogP contribution < -0.4 is 14.8 Å². The Morgan fingerprint density at radius 1 is 0.903 bits per heavy atom. The lowest BCUT2D eigenvalue weighted by atomic mass is 10.2. The Morgan fingerprint density at radius 2 is 1.71 bits per heavy atom. The molecule has 1 amide bonds. The normalized spacial score (nSPS) is 18.1. The summed E-state index contributed by atoms with van der Waals surface area (Å²) in [5.74, 6) is 2.53. The number of carbonyl (C=O) groups excluding carboxylic acids is 1. The molecule has 0 bridgehead atoms. The summed E-state index contributed by atoms with van der Waals surface area (Å²) in [7, 11) is 0. The van der Waals surface area contributed by atoms with E-state index in [1.54, 1.807) is 12.4 Å². The number of benzene rings is 1. The maximum absolute atomic E-state index is 12.1. The first-order valence-electron chi connectivity index (χ1n) is 10.8. The van der Waals surface area contributed by atoms with Crippen LogP contribution in [0.2, 0.25) is 0 Å². The lowest BCUT2D eigenvalue weighted by Gasteiger charge is -2.16. The summed E-state index contributed by atoms with van der Waals surface area (Å²) in [5.41, 5.74) is 3.05. The van der Waals surface area contributed by atoms with E-state index < -0.39 is 6.10 Å². The van der Waals surface area contributed by atoms with Gasteiger partial charge in [0.05, 0.1) is 5.69 Å². The first kappa shape index (κ1) is 19.5. The van der Waals surface area contributed by atoms with Crippen molar-refractivity contribution >= 4 is 5.91 Å². The Labute approximate surface area is 180 Å². The van der Waals surface area contributed by atoms with Crippen molar-refractivity contribution in [2.24, 2.45) is 0 Å². The van der Waals surface area contributed by atoms with Gasteiger partial charge in [-0.05, 0) is 74.9 Å². The smallest absolute Gasteiger partial charge is 0.261 e. The van der Waals surface area contributed by atoms with E-state index in [2.05, 4.69) is 10.3 Å². The van der Waals surface area contributed by atoms with Crippen LogP contribution in [0.1, 0.15) is 36.9 Å². The molecule has 1 atom stereocenters. The molecule has 7 nitrogen and oxygen atoms in total. The van der Waals surface area contributed by atoms with Gasteiger partial charge in [-0.15, -0.1) is 0 Å². The van der Waals surface area contributed by atoms with Crippen molar-refractivity contribution in [2.75, 3.05) is 6.54 Å². The molecule has 3 aromatic rings. The number of ether oxygens (including phenoxy) is 2. The number of rotatable bonds is 5. The van der Waals surface area contributed by atoms with Crippen LogP contribution in [0.15, 0.2) is 48.8 Å². The molecule has 1 saturated heterocycles. The highest BCUT2D eigenvalue weighted by molar-refractivity contribution is 5.81.